The molecule has 3 rings (SSSR count). The number of nitrogens with one attached hydrogen (secondary N) is 1. The van der Waals surface area contributed by atoms with Crippen molar-refractivity contribution in [1.82, 2.24) is 10.2 Å². The smallest absolute Gasteiger partial charge is 0.193 e. The molecule has 1 aromatic carbocycles. The second-order valence-electron chi connectivity index (χ2n) is 6.90. The highest BCUT2D eigenvalue weighted by molar-refractivity contribution is 5.80. The van der Waals surface area contributed by atoms with Gasteiger partial charge in [-0.1, -0.05) is 6.07 Å². The van der Waals surface area contributed by atoms with Crippen molar-refractivity contribution in [2.75, 3.05) is 60.3 Å². The Morgan fingerprint density at radius 2 is 2.11 bits per heavy atom. The number of aliphatic imine (C=N–C) groups is 1. The first-order chi connectivity index (χ1) is 13.3. The number of hydrogen-bond donors (Lipinski definition) is 1. The third-order valence-electron chi connectivity index (χ3n) is 4.85. The molecule has 27 heavy (non-hydrogen) atoms. The van der Waals surface area contributed by atoms with E-state index in [1.54, 1.807) is 7.11 Å². The Morgan fingerprint density at radius 3 is 2.93 bits per heavy atom. The maximum Gasteiger partial charge on any atom is 0.193 e. The van der Waals surface area contributed by atoms with Crippen LogP contribution in [0, 0.1) is 5.92 Å². The van der Waals surface area contributed by atoms with Crippen LogP contribution in [0.15, 0.2) is 23.2 Å². The summed E-state index contributed by atoms with van der Waals surface area (Å²) in [6.07, 6.45) is 2.04. The van der Waals surface area contributed by atoms with Crippen LogP contribution >= 0.6 is 0 Å². The lowest BCUT2D eigenvalue weighted by atomic mass is 10.1. The van der Waals surface area contributed by atoms with Gasteiger partial charge in [-0.25, -0.2) is 0 Å². The van der Waals surface area contributed by atoms with Gasteiger partial charge in [0.2, 0.25) is 0 Å². The maximum atomic E-state index is 5.77. The molecule has 0 aliphatic carbocycles. The lowest BCUT2D eigenvalue weighted by molar-refractivity contribution is 0.0536. The van der Waals surface area contributed by atoms with Gasteiger partial charge in [-0.2, -0.15) is 0 Å². The molecule has 150 valence electrons. The van der Waals surface area contributed by atoms with E-state index in [9.17, 15) is 0 Å². The monoisotopic (exact) mass is 377 g/mol. The van der Waals surface area contributed by atoms with Crippen LogP contribution in [0.5, 0.6) is 11.5 Å². The van der Waals surface area contributed by atoms with Gasteiger partial charge in [0.1, 0.15) is 0 Å². The number of rotatable bonds is 7. The van der Waals surface area contributed by atoms with Crippen molar-refractivity contribution >= 4 is 5.96 Å². The minimum Gasteiger partial charge on any atom is -0.490 e. The van der Waals surface area contributed by atoms with Gasteiger partial charge >= 0.3 is 0 Å². The molecule has 0 spiro atoms. The number of guanidine groups is 1. The molecule has 1 atom stereocenters. The van der Waals surface area contributed by atoms with E-state index < -0.39 is 0 Å². The Bertz CT molecular complexity index is 623. The van der Waals surface area contributed by atoms with Crippen molar-refractivity contribution in [3.05, 3.63) is 23.8 Å². The summed E-state index contributed by atoms with van der Waals surface area (Å²) < 4.78 is 22.2. The summed E-state index contributed by atoms with van der Waals surface area (Å²) in [5, 5.41) is 3.47. The van der Waals surface area contributed by atoms with E-state index in [1.165, 1.54) is 0 Å². The molecule has 7 heteroatoms. The molecule has 7 nitrogen and oxygen atoms in total. The van der Waals surface area contributed by atoms with Crippen LogP contribution in [-0.4, -0.2) is 71.1 Å². The number of hydrogen-bond acceptors (Lipinski definition) is 5. The minimum absolute atomic E-state index is 0.540. The SMILES string of the molecule is CN=C(NCc1ccc2c(c1)OCCCO2)N1CCC(COCCOC)C1. The zero-order chi connectivity index (χ0) is 18.9. The molecule has 0 amide bonds. The highest BCUT2D eigenvalue weighted by Crippen LogP contribution is 2.30. The van der Waals surface area contributed by atoms with E-state index in [4.69, 9.17) is 18.9 Å². The quantitative estimate of drug-likeness (QED) is 0.445. The van der Waals surface area contributed by atoms with Crippen molar-refractivity contribution in [1.29, 1.82) is 0 Å². The molecule has 1 aromatic rings. The first kappa shape index (κ1) is 19.8. The van der Waals surface area contributed by atoms with Crippen molar-refractivity contribution in [3.63, 3.8) is 0 Å². The van der Waals surface area contributed by atoms with E-state index in [0.717, 1.165) is 55.6 Å². The molecule has 0 radical (unpaired) electrons. The van der Waals surface area contributed by atoms with Crippen LogP contribution in [0.1, 0.15) is 18.4 Å². The Balaban J connectivity index is 1.47. The van der Waals surface area contributed by atoms with Crippen LogP contribution < -0.4 is 14.8 Å². The number of methoxy groups -OCH3 is 1. The molecule has 2 aliphatic rings. The molecule has 1 unspecified atom stereocenters. The average Bonchev–Trinajstić information content (AvgIpc) is 3.02. The fraction of sp³-hybridized carbons (Fsp3) is 0.650. The number of benzene rings is 1. The van der Waals surface area contributed by atoms with Gasteiger partial charge in [-0.3, -0.25) is 4.99 Å². The van der Waals surface area contributed by atoms with Gasteiger partial charge in [0.15, 0.2) is 17.5 Å². The average molecular weight is 377 g/mol. The number of fused-ring (bicyclic) bond motifs is 1. The molecule has 2 heterocycles. The Morgan fingerprint density at radius 1 is 1.26 bits per heavy atom. The van der Waals surface area contributed by atoms with Crippen LogP contribution in [0.3, 0.4) is 0 Å². The first-order valence-electron chi connectivity index (χ1n) is 9.71. The van der Waals surface area contributed by atoms with E-state index in [2.05, 4.69) is 27.3 Å². The molecule has 1 fully saturated rings. The zero-order valence-corrected chi connectivity index (χ0v) is 16.4. The van der Waals surface area contributed by atoms with Gasteiger partial charge in [0, 0.05) is 46.1 Å². The topological polar surface area (TPSA) is 64.6 Å². The summed E-state index contributed by atoms with van der Waals surface area (Å²) in [5.74, 6) is 3.13. The van der Waals surface area contributed by atoms with E-state index in [1.807, 2.05) is 13.1 Å². The minimum atomic E-state index is 0.540. The van der Waals surface area contributed by atoms with Crippen LogP contribution in [-0.2, 0) is 16.0 Å². The van der Waals surface area contributed by atoms with Crippen molar-refractivity contribution in [3.8, 4) is 11.5 Å². The van der Waals surface area contributed by atoms with Gasteiger partial charge in [-0.15, -0.1) is 0 Å². The normalized spacial score (nSPS) is 19.9. The largest absolute Gasteiger partial charge is 0.490 e. The predicted molar refractivity (Wildman–Crippen MR) is 105 cm³/mol. The summed E-state index contributed by atoms with van der Waals surface area (Å²) in [4.78, 5) is 6.75. The number of ether oxygens (including phenoxy) is 4. The van der Waals surface area contributed by atoms with Gasteiger partial charge in [0.05, 0.1) is 33.0 Å². The number of likely N-dealkylation sites (tertiary alicyclic amines) is 1. The first-order valence-corrected chi connectivity index (χ1v) is 9.71. The molecule has 2 aliphatic heterocycles. The van der Waals surface area contributed by atoms with Crippen molar-refractivity contribution < 1.29 is 18.9 Å². The molecule has 1 N–H and O–H groups in total. The predicted octanol–water partition coefficient (Wildman–Crippen LogP) is 1.91. The lowest BCUT2D eigenvalue weighted by Crippen LogP contribution is -2.39. The van der Waals surface area contributed by atoms with Crippen LogP contribution in [0.2, 0.25) is 0 Å². The van der Waals surface area contributed by atoms with Gasteiger partial charge < -0.3 is 29.2 Å². The Labute approximate surface area is 161 Å². The molecule has 0 bridgehead atoms. The number of nitrogens with zero attached hydrogens (tertiary/aromatic N) is 2. The maximum absolute atomic E-state index is 5.77. The third kappa shape index (κ3) is 5.74. The van der Waals surface area contributed by atoms with Gasteiger partial charge in [0.25, 0.3) is 0 Å². The Hall–Kier alpha value is -1.99. The van der Waals surface area contributed by atoms with Gasteiger partial charge in [-0.05, 0) is 24.1 Å². The standard InChI is InChI=1S/C20H31N3O4/c1-21-20(23-7-6-17(14-23)15-25-11-10-24-2)22-13-16-4-5-18-19(12-16)27-9-3-8-26-18/h4-5,12,17H,3,6-11,13-15H2,1-2H3,(H,21,22). The van der Waals surface area contributed by atoms with Crippen molar-refractivity contribution in [2.45, 2.75) is 19.4 Å². The summed E-state index contributed by atoms with van der Waals surface area (Å²) in [7, 11) is 3.53. The van der Waals surface area contributed by atoms with Crippen molar-refractivity contribution in [2.24, 2.45) is 10.9 Å². The fourth-order valence-corrected chi connectivity index (χ4v) is 3.38. The molecule has 0 aromatic heterocycles. The summed E-state index contributed by atoms with van der Waals surface area (Å²) >= 11 is 0. The fourth-order valence-electron chi connectivity index (χ4n) is 3.38. The molecular weight excluding hydrogens is 346 g/mol. The summed E-state index contributed by atoms with van der Waals surface area (Å²) in [5.41, 5.74) is 1.15. The highest BCUT2D eigenvalue weighted by Gasteiger charge is 2.25. The molecule has 0 saturated carbocycles. The van der Waals surface area contributed by atoms with Crippen LogP contribution in [0.25, 0.3) is 0 Å². The zero-order valence-electron chi connectivity index (χ0n) is 16.4. The van der Waals surface area contributed by atoms with Crippen LogP contribution in [0.4, 0.5) is 0 Å². The molecule has 1 saturated heterocycles. The highest BCUT2D eigenvalue weighted by atomic mass is 16.5. The van der Waals surface area contributed by atoms with E-state index in [0.29, 0.717) is 38.9 Å². The second kappa shape index (κ2) is 10.4. The third-order valence-corrected chi connectivity index (χ3v) is 4.85. The summed E-state index contributed by atoms with van der Waals surface area (Å²) in [6, 6.07) is 6.12. The molecular formula is C20H31N3O4. The van der Waals surface area contributed by atoms with E-state index >= 15 is 0 Å². The van der Waals surface area contributed by atoms with E-state index in [-0.39, 0.29) is 0 Å². The lowest BCUT2D eigenvalue weighted by Gasteiger charge is -2.22. The second-order valence-corrected chi connectivity index (χ2v) is 6.90. The Kier molecular flexibility index (Phi) is 7.59. The summed E-state index contributed by atoms with van der Waals surface area (Å²) in [6.45, 7) is 6.16.